The zero-order valence-corrected chi connectivity index (χ0v) is 30.9. The number of hydrogen-bond acceptors (Lipinski definition) is 9. The Morgan fingerprint density at radius 2 is 1.56 bits per heavy atom. The van der Waals surface area contributed by atoms with Crippen LogP contribution in [0.1, 0.15) is 66.7 Å². The Bertz CT molecular complexity index is 1620. The van der Waals surface area contributed by atoms with Gasteiger partial charge in [-0.2, -0.15) is 0 Å². The van der Waals surface area contributed by atoms with Gasteiger partial charge in [-0.3, -0.25) is 9.78 Å². The van der Waals surface area contributed by atoms with Crippen LogP contribution < -0.4 is 16.0 Å². The van der Waals surface area contributed by atoms with Gasteiger partial charge in [-0.1, -0.05) is 88.4 Å². The maximum atomic E-state index is 13.9. The van der Waals surface area contributed by atoms with E-state index in [1.165, 1.54) is 16.2 Å². The molecule has 4 rings (SSSR count). The van der Waals surface area contributed by atoms with E-state index in [1.54, 1.807) is 30.1 Å². The smallest absolute Gasteiger partial charge is 0.407 e. The van der Waals surface area contributed by atoms with Crippen LogP contribution in [-0.4, -0.2) is 69.3 Å². The Balaban J connectivity index is 1.46. The van der Waals surface area contributed by atoms with Gasteiger partial charge in [0.2, 0.25) is 5.91 Å². The quantitative estimate of drug-likeness (QED) is 0.106. The van der Waals surface area contributed by atoms with Gasteiger partial charge < -0.3 is 30.7 Å². The molecule has 0 aliphatic carbocycles. The Morgan fingerprint density at radius 1 is 0.900 bits per heavy atom. The number of alkyl carbamates (subject to hydrolysis) is 1. The summed E-state index contributed by atoms with van der Waals surface area (Å²) < 4.78 is 5.42. The van der Waals surface area contributed by atoms with Crippen molar-refractivity contribution < 1.29 is 24.2 Å². The number of aromatic nitrogens is 2. The van der Waals surface area contributed by atoms with Crippen LogP contribution in [0.15, 0.2) is 77.8 Å². The van der Waals surface area contributed by atoms with Crippen molar-refractivity contribution in [3.8, 4) is 0 Å². The van der Waals surface area contributed by atoms with Gasteiger partial charge in [0.15, 0.2) is 0 Å². The molecule has 0 saturated carbocycles. The number of benzene rings is 2. The van der Waals surface area contributed by atoms with Crippen LogP contribution in [0.5, 0.6) is 0 Å². The topological polar surface area (TPSA) is 146 Å². The summed E-state index contributed by atoms with van der Waals surface area (Å²) in [6, 6.07) is 16.8. The molecular weight excluding hydrogens is 673 g/mol. The van der Waals surface area contributed by atoms with Crippen molar-refractivity contribution >= 4 is 40.7 Å². The third-order valence-electron chi connectivity index (χ3n) is 8.13. The van der Waals surface area contributed by atoms with E-state index in [1.807, 2.05) is 79.9 Å². The summed E-state index contributed by atoms with van der Waals surface area (Å²) in [7, 11) is 1.68. The van der Waals surface area contributed by atoms with E-state index in [0.717, 1.165) is 26.7 Å². The molecule has 0 fully saturated rings. The minimum atomic E-state index is -1.05. The predicted octanol–water partition coefficient (Wildman–Crippen LogP) is 5.91. The highest BCUT2D eigenvalue weighted by atomic mass is 32.1. The minimum Gasteiger partial charge on any atom is -0.444 e. The van der Waals surface area contributed by atoms with Gasteiger partial charge in [-0.15, -0.1) is 22.7 Å². The van der Waals surface area contributed by atoms with Gasteiger partial charge in [0.25, 0.3) is 0 Å². The third kappa shape index (κ3) is 12.2. The zero-order valence-electron chi connectivity index (χ0n) is 29.2. The molecule has 4 amide bonds. The molecule has 0 aliphatic heterocycles. The number of ether oxygens (including phenoxy) is 1. The monoisotopic (exact) mass is 720 g/mol. The molecular formula is C37H48N6O5S2. The standard InChI is InChI=1S/C37H48N6O5S2/c1-24(2)33(42-36(46)43(5)20-29-22-49-35(40-29)25(3)4)34(45)39-28(16-26-12-8-6-9-13-26)18-32(44)31(17-27-14-10-7-11-15-27)41-37(47)48-21-30-19-38-23-50-30/h6-15,19,22-25,28,31-33,44H,16-18,20-21H2,1-5H3,(H,39,45)(H,41,47)(H,42,46)/t28-,31+,32+,33?/m1/s1. The van der Waals surface area contributed by atoms with Crippen molar-refractivity contribution in [3.63, 3.8) is 0 Å². The van der Waals surface area contributed by atoms with Gasteiger partial charge in [0, 0.05) is 30.6 Å². The summed E-state index contributed by atoms with van der Waals surface area (Å²) in [5.74, 6) is -0.277. The van der Waals surface area contributed by atoms with Crippen LogP contribution in [0.25, 0.3) is 0 Å². The van der Waals surface area contributed by atoms with Gasteiger partial charge in [-0.05, 0) is 36.3 Å². The van der Waals surface area contributed by atoms with Crippen molar-refractivity contribution in [2.75, 3.05) is 7.05 Å². The highest BCUT2D eigenvalue weighted by Gasteiger charge is 2.31. The number of nitrogens with zero attached hydrogens (tertiary/aromatic N) is 3. The van der Waals surface area contributed by atoms with E-state index >= 15 is 0 Å². The number of nitrogens with one attached hydrogen (secondary N) is 3. The molecule has 1 unspecified atom stereocenters. The molecule has 0 aliphatic rings. The third-order valence-corrected chi connectivity index (χ3v) is 10.1. The van der Waals surface area contributed by atoms with Crippen LogP contribution in [0.3, 0.4) is 0 Å². The molecule has 268 valence electrons. The number of aliphatic hydroxyl groups is 1. The number of hydrogen-bond donors (Lipinski definition) is 4. The molecule has 11 nitrogen and oxygen atoms in total. The fourth-order valence-corrected chi connectivity index (χ4v) is 6.72. The second kappa shape index (κ2) is 19.2. The number of carbonyl (C=O) groups is 3. The molecule has 0 radical (unpaired) electrons. The van der Waals surface area contributed by atoms with Crippen LogP contribution >= 0.6 is 22.7 Å². The maximum absolute atomic E-state index is 13.9. The minimum absolute atomic E-state index is 0.0671. The number of amides is 4. The molecule has 2 aromatic heterocycles. The lowest BCUT2D eigenvalue weighted by Gasteiger charge is -2.30. The van der Waals surface area contributed by atoms with Crippen LogP contribution in [-0.2, 0) is 35.5 Å². The second-order valence-electron chi connectivity index (χ2n) is 13.0. The summed E-state index contributed by atoms with van der Waals surface area (Å²) in [6.07, 6.45) is 0.836. The molecule has 50 heavy (non-hydrogen) atoms. The van der Waals surface area contributed by atoms with Gasteiger partial charge in [0.1, 0.15) is 12.6 Å². The van der Waals surface area contributed by atoms with E-state index in [9.17, 15) is 19.5 Å². The SMILES string of the molecule is CC(C)c1nc(CN(C)C(=O)NC(C(=O)N[C@H](Cc2ccccc2)C[C@H](O)[C@H](Cc2ccccc2)NC(=O)OCc2cncs2)C(C)C)cs1. The molecule has 2 aromatic carbocycles. The summed E-state index contributed by atoms with van der Waals surface area (Å²) in [6.45, 7) is 8.28. The number of carbonyl (C=O) groups excluding carboxylic acids is 3. The molecule has 4 N–H and O–H groups in total. The summed E-state index contributed by atoms with van der Waals surface area (Å²) >= 11 is 2.95. The normalized spacial score (nSPS) is 13.7. The Kier molecular flexibility index (Phi) is 14.7. The molecule has 0 saturated heterocycles. The average Bonchev–Trinajstić information content (AvgIpc) is 3.79. The van der Waals surface area contributed by atoms with Crippen molar-refractivity contribution in [3.05, 3.63) is 104 Å². The first-order valence-electron chi connectivity index (χ1n) is 16.8. The zero-order chi connectivity index (χ0) is 36.0. The van der Waals surface area contributed by atoms with E-state index in [4.69, 9.17) is 4.74 Å². The fraction of sp³-hybridized carbons (Fsp3) is 0.432. The van der Waals surface area contributed by atoms with Crippen molar-refractivity contribution in [1.29, 1.82) is 0 Å². The first-order chi connectivity index (χ1) is 24.0. The number of rotatable bonds is 17. The summed E-state index contributed by atoms with van der Waals surface area (Å²) in [4.78, 5) is 51.0. The van der Waals surface area contributed by atoms with Crippen molar-refractivity contribution in [2.24, 2.45) is 5.92 Å². The lowest BCUT2D eigenvalue weighted by atomic mass is 9.93. The number of urea groups is 1. The first-order valence-corrected chi connectivity index (χ1v) is 18.6. The van der Waals surface area contributed by atoms with Gasteiger partial charge in [0.05, 0.1) is 39.8 Å². The van der Waals surface area contributed by atoms with Gasteiger partial charge in [-0.25, -0.2) is 14.6 Å². The van der Waals surface area contributed by atoms with E-state index in [0.29, 0.717) is 25.3 Å². The van der Waals surface area contributed by atoms with Gasteiger partial charge >= 0.3 is 12.1 Å². The highest BCUT2D eigenvalue weighted by molar-refractivity contribution is 7.09. The summed E-state index contributed by atoms with van der Waals surface area (Å²) in [5.41, 5.74) is 4.35. The number of aliphatic hydroxyl groups excluding tert-OH is 1. The lowest BCUT2D eigenvalue weighted by Crippen LogP contribution is -2.55. The maximum Gasteiger partial charge on any atom is 0.407 e. The Hall–Kier alpha value is -4.33. The summed E-state index contributed by atoms with van der Waals surface area (Å²) in [5, 5.41) is 23.5. The molecule has 0 spiro atoms. The molecule has 0 bridgehead atoms. The second-order valence-corrected chi connectivity index (χ2v) is 14.9. The predicted molar refractivity (Wildman–Crippen MR) is 197 cm³/mol. The molecule has 2 heterocycles. The van der Waals surface area contributed by atoms with Crippen LogP contribution in [0.4, 0.5) is 9.59 Å². The van der Waals surface area contributed by atoms with E-state index < -0.39 is 30.3 Å². The largest absolute Gasteiger partial charge is 0.444 e. The molecule has 4 atom stereocenters. The van der Waals surface area contributed by atoms with Crippen LogP contribution in [0, 0.1) is 5.92 Å². The van der Waals surface area contributed by atoms with Crippen LogP contribution in [0.2, 0.25) is 0 Å². The van der Waals surface area contributed by atoms with Crippen molar-refractivity contribution in [1.82, 2.24) is 30.8 Å². The number of thiazole rings is 2. The Morgan fingerprint density at radius 3 is 2.14 bits per heavy atom. The highest BCUT2D eigenvalue weighted by Crippen LogP contribution is 2.20. The lowest BCUT2D eigenvalue weighted by molar-refractivity contribution is -0.124. The molecule has 4 aromatic rings. The van der Waals surface area contributed by atoms with E-state index in [-0.39, 0.29) is 30.9 Å². The van der Waals surface area contributed by atoms with E-state index in [2.05, 4.69) is 39.8 Å². The average molecular weight is 721 g/mol. The fourth-order valence-electron chi connectivity index (χ4n) is 5.39. The Labute approximate surface area is 302 Å². The van der Waals surface area contributed by atoms with Crippen molar-refractivity contribution in [2.45, 2.75) is 90.3 Å². The first kappa shape index (κ1) is 38.5. The molecule has 13 heteroatoms.